The number of carbonyl (C=O) groups is 1. The molecule has 1 saturated heterocycles. The van der Waals surface area contributed by atoms with Crippen molar-refractivity contribution in [1.82, 2.24) is 9.80 Å². The summed E-state index contributed by atoms with van der Waals surface area (Å²) in [4.78, 5) is 16.9. The summed E-state index contributed by atoms with van der Waals surface area (Å²) in [6.45, 7) is 6.75. The Bertz CT molecular complexity index is 529. The second kappa shape index (κ2) is 8.10. The SMILES string of the molecule is CCOC[C@H](O)CN1CCN(C(=O)[C@@H]2C[C@@H]2c2ccccc2)CC1. The number of piperazine rings is 1. The van der Waals surface area contributed by atoms with Gasteiger partial charge in [-0.15, -0.1) is 0 Å². The van der Waals surface area contributed by atoms with Crippen molar-refractivity contribution in [3.63, 3.8) is 0 Å². The lowest BCUT2D eigenvalue weighted by Crippen LogP contribution is -2.51. The van der Waals surface area contributed by atoms with Gasteiger partial charge in [0.15, 0.2) is 0 Å². The third-order valence-electron chi connectivity index (χ3n) is 5.00. The molecule has 1 amide bonds. The number of benzene rings is 1. The molecule has 5 heteroatoms. The molecular formula is C19H28N2O3. The number of nitrogens with zero attached hydrogens (tertiary/aromatic N) is 2. The molecule has 1 aromatic rings. The number of rotatable bonds is 7. The first-order valence-electron chi connectivity index (χ1n) is 9.01. The van der Waals surface area contributed by atoms with Gasteiger partial charge < -0.3 is 14.7 Å². The van der Waals surface area contributed by atoms with E-state index in [1.807, 2.05) is 30.0 Å². The van der Waals surface area contributed by atoms with Crippen molar-refractivity contribution in [3.8, 4) is 0 Å². The van der Waals surface area contributed by atoms with Crippen LogP contribution in [0.3, 0.4) is 0 Å². The Morgan fingerprint density at radius 3 is 2.62 bits per heavy atom. The Morgan fingerprint density at radius 1 is 1.25 bits per heavy atom. The molecule has 132 valence electrons. The van der Waals surface area contributed by atoms with Crippen LogP contribution < -0.4 is 0 Å². The molecule has 1 aliphatic carbocycles. The predicted molar refractivity (Wildman–Crippen MR) is 92.8 cm³/mol. The number of aliphatic hydroxyl groups excluding tert-OH is 1. The van der Waals surface area contributed by atoms with Crippen LogP contribution in [0.25, 0.3) is 0 Å². The highest BCUT2D eigenvalue weighted by molar-refractivity contribution is 5.83. The Hall–Kier alpha value is -1.43. The van der Waals surface area contributed by atoms with Crippen LogP contribution in [0.1, 0.15) is 24.8 Å². The van der Waals surface area contributed by atoms with E-state index in [0.29, 0.717) is 31.6 Å². The van der Waals surface area contributed by atoms with E-state index in [4.69, 9.17) is 4.74 Å². The monoisotopic (exact) mass is 332 g/mol. The average Bonchev–Trinajstić information content (AvgIpc) is 3.41. The fraction of sp³-hybridized carbons (Fsp3) is 0.632. The number of hydrogen-bond donors (Lipinski definition) is 1. The lowest BCUT2D eigenvalue weighted by molar-refractivity contribution is -0.134. The standard InChI is InChI=1S/C19H28N2O3/c1-2-24-14-16(22)13-20-8-10-21(11-9-20)19(23)18-12-17(18)15-6-4-3-5-7-15/h3-7,16-18,22H,2,8-14H2,1H3/t16-,17-,18-/m1/s1. The quantitative estimate of drug-likeness (QED) is 0.818. The van der Waals surface area contributed by atoms with Gasteiger partial charge in [0.2, 0.25) is 5.91 Å². The van der Waals surface area contributed by atoms with Crippen LogP contribution in [0, 0.1) is 5.92 Å². The first-order valence-corrected chi connectivity index (χ1v) is 9.01. The van der Waals surface area contributed by atoms with E-state index >= 15 is 0 Å². The van der Waals surface area contributed by atoms with E-state index in [1.54, 1.807) is 0 Å². The molecule has 24 heavy (non-hydrogen) atoms. The summed E-state index contributed by atoms with van der Waals surface area (Å²) in [5.74, 6) is 0.880. The van der Waals surface area contributed by atoms with Crippen molar-refractivity contribution in [2.24, 2.45) is 5.92 Å². The van der Waals surface area contributed by atoms with Gasteiger partial charge in [-0.3, -0.25) is 9.69 Å². The molecule has 1 N–H and O–H groups in total. The highest BCUT2D eigenvalue weighted by Gasteiger charge is 2.45. The van der Waals surface area contributed by atoms with E-state index in [9.17, 15) is 9.90 Å². The fourth-order valence-corrected chi connectivity index (χ4v) is 3.53. The lowest BCUT2D eigenvalue weighted by atomic mass is 10.1. The van der Waals surface area contributed by atoms with Crippen LogP contribution in [-0.4, -0.2) is 72.9 Å². The van der Waals surface area contributed by atoms with Crippen molar-refractivity contribution < 1.29 is 14.6 Å². The average molecular weight is 332 g/mol. The molecule has 1 aliphatic heterocycles. The maximum atomic E-state index is 12.7. The molecule has 0 spiro atoms. The first kappa shape index (κ1) is 17.4. The van der Waals surface area contributed by atoms with Crippen molar-refractivity contribution in [2.75, 3.05) is 45.9 Å². The van der Waals surface area contributed by atoms with E-state index in [1.165, 1.54) is 5.56 Å². The largest absolute Gasteiger partial charge is 0.389 e. The highest BCUT2D eigenvalue weighted by atomic mass is 16.5. The molecule has 0 radical (unpaired) electrons. The smallest absolute Gasteiger partial charge is 0.226 e. The molecule has 5 nitrogen and oxygen atoms in total. The number of hydrogen-bond acceptors (Lipinski definition) is 4. The molecule has 1 aromatic carbocycles. The summed E-state index contributed by atoms with van der Waals surface area (Å²) in [5.41, 5.74) is 1.29. The summed E-state index contributed by atoms with van der Waals surface area (Å²) in [6.07, 6.45) is 0.536. The summed E-state index contributed by atoms with van der Waals surface area (Å²) < 4.78 is 5.25. The van der Waals surface area contributed by atoms with Gasteiger partial charge in [-0.05, 0) is 24.8 Å². The third kappa shape index (κ3) is 4.35. The number of β-amino-alcohol motifs (C(OH)–C–C–N with tert-alkyl or cyclic N) is 1. The topological polar surface area (TPSA) is 53.0 Å². The molecule has 3 atom stereocenters. The van der Waals surface area contributed by atoms with Crippen molar-refractivity contribution >= 4 is 5.91 Å². The van der Waals surface area contributed by atoms with Crippen LogP contribution in [0.15, 0.2) is 30.3 Å². The van der Waals surface area contributed by atoms with Gasteiger partial charge in [0.05, 0.1) is 12.7 Å². The van der Waals surface area contributed by atoms with Crippen LogP contribution in [0.5, 0.6) is 0 Å². The van der Waals surface area contributed by atoms with E-state index in [-0.39, 0.29) is 5.92 Å². The molecule has 0 bridgehead atoms. The van der Waals surface area contributed by atoms with Gasteiger partial charge in [-0.1, -0.05) is 30.3 Å². The minimum Gasteiger partial charge on any atom is -0.389 e. The fourth-order valence-electron chi connectivity index (χ4n) is 3.53. The molecular weight excluding hydrogens is 304 g/mol. The predicted octanol–water partition coefficient (Wildman–Crippen LogP) is 1.33. The Kier molecular flexibility index (Phi) is 5.87. The Labute approximate surface area is 144 Å². The van der Waals surface area contributed by atoms with Gasteiger partial charge in [-0.25, -0.2) is 0 Å². The molecule has 0 aromatic heterocycles. The van der Waals surface area contributed by atoms with Gasteiger partial charge in [-0.2, -0.15) is 0 Å². The van der Waals surface area contributed by atoms with Crippen molar-refractivity contribution in [3.05, 3.63) is 35.9 Å². The minimum absolute atomic E-state index is 0.169. The van der Waals surface area contributed by atoms with Crippen LogP contribution in [0.2, 0.25) is 0 Å². The van der Waals surface area contributed by atoms with E-state index in [2.05, 4.69) is 17.0 Å². The minimum atomic E-state index is -0.446. The van der Waals surface area contributed by atoms with E-state index < -0.39 is 6.10 Å². The molecule has 2 aliphatic rings. The van der Waals surface area contributed by atoms with Crippen molar-refractivity contribution in [2.45, 2.75) is 25.4 Å². The number of amides is 1. The first-order chi connectivity index (χ1) is 11.7. The zero-order valence-corrected chi connectivity index (χ0v) is 14.4. The van der Waals surface area contributed by atoms with Crippen LogP contribution in [-0.2, 0) is 9.53 Å². The second-order valence-corrected chi connectivity index (χ2v) is 6.80. The van der Waals surface area contributed by atoms with Crippen molar-refractivity contribution in [1.29, 1.82) is 0 Å². The number of ether oxygens (including phenoxy) is 1. The second-order valence-electron chi connectivity index (χ2n) is 6.80. The number of carbonyl (C=O) groups excluding carboxylic acids is 1. The van der Waals surface area contributed by atoms with E-state index in [0.717, 1.165) is 32.6 Å². The van der Waals surface area contributed by atoms with Gasteiger partial charge >= 0.3 is 0 Å². The van der Waals surface area contributed by atoms with Crippen LogP contribution >= 0.6 is 0 Å². The third-order valence-corrected chi connectivity index (χ3v) is 5.00. The van der Waals surface area contributed by atoms with Crippen LogP contribution in [0.4, 0.5) is 0 Å². The molecule has 1 saturated carbocycles. The molecule has 2 fully saturated rings. The Morgan fingerprint density at radius 2 is 1.96 bits per heavy atom. The zero-order chi connectivity index (χ0) is 16.9. The van der Waals surface area contributed by atoms with Gasteiger partial charge in [0, 0.05) is 45.2 Å². The maximum Gasteiger partial charge on any atom is 0.226 e. The molecule has 0 unspecified atom stereocenters. The molecule has 3 rings (SSSR count). The normalized spacial score (nSPS) is 25.5. The lowest BCUT2D eigenvalue weighted by Gasteiger charge is -2.35. The van der Waals surface area contributed by atoms with Gasteiger partial charge in [0.1, 0.15) is 0 Å². The maximum absolute atomic E-state index is 12.7. The molecule has 1 heterocycles. The summed E-state index contributed by atoms with van der Waals surface area (Å²) in [6, 6.07) is 10.3. The number of aliphatic hydroxyl groups is 1. The summed E-state index contributed by atoms with van der Waals surface area (Å²) in [7, 11) is 0. The van der Waals surface area contributed by atoms with Gasteiger partial charge in [0.25, 0.3) is 0 Å². The summed E-state index contributed by atoms with van der Waals surface area (Å²) >= 11 is 0. The Balaban J connectivity index is 1.41. The highest BCUT2D eigenvalue weighted by Crippen LogP contribution is 2.48. The zero-order valence-electron chi connectivity index (χ0n) is 14.4. The summed E-state index contributed by atoms with van der Waals surface area (Å²) in [5, 5.41) is 9.92.